The van der Waals surface area contributed by atoms with Crippen LogP contribution in [-0.4, -0.2) is 17.0 Å². The van der Waals surface area contributed by atoms with Gasteiger partial charge in [-0.25, -0.2) is 0 Å². The molecule has 1 N–H and O–H groups in total. The van der Waals surface area contributed by atoms with E-state index in [0.29, 0.717) is 5.56 Å². The largest absolute Gasteiger partial charge is 0.384 e. The van der Waals surface area contributed by atoms with Gasteiger partial charge in [0.2, 0.25) is 0 Å². The molecule has 0 aromatic heterocycles. The minimum absolute atomic E-state index is 0.194. The van der Waals surface area contributed by atoms with Crippen molar-refractivity contribution in [2.45, 2.75) is 46.6 Å². The van der Waals surface area contributed by atoms with Crippen molar-refractivity contribution in [3.63, 3.8) is 0 Å². The second kappa shape index (κ2) is 5.46. The van der Waals surface area contributed by atoms with Crippen LogP contribution in [-0.2, 0) is 6.42 Å². The summed E-state index contributed by atoms with van der Waals surface area (Å²) in [5.41, 5.74) is 1.40. The highest BCUT2D eigenvalue weighted by atomic mass is 16.3. The van der Waals surface area contributed by atoms with Gasteiger partial charge in [0.1, 0.15) is 6.10 Å². The molecule has 1 unspecified atom stereocenters. The molecule has 0 heterocycles. The third kappa shape index (κ3) is 3.67. The molecule has 0 saturated carbocycles. The van der Waals surface area contributed by atoms with E-state index in [1.165, 1.54) is 5.56 Å². The average molecular weight is 234 g/mol. The zero-order valence-electron chi connectivity index (χ0n) is 11.2. The van der Waals surface area contributed by atoms with Crippen LogP contribution in [0.3, 0.4) is 0 Å². The maximum Gasteiger partial charge on any atom is 0.191 e. The molecule has 0 aliphatic rings. The summed E-state index contributed by atoms with van der Waals surface area (Å²) in [6.07, 6.45) is 1.17. The summed E-state index contributed by atoms with van der Waals surface area (Å²) in [5, 5.41) is 9.93. The first-order valence-corrected chi connectivity index (χ1v) is 6.17. The van der Waals surface area contributed by atoms with Crippen molar-refractivity contribution in [3.05, 3.63) is 35.4 Å². The van der Waals surface area contributed by atoms with Gasteiger partial charge in [-0.2, -0.15) is 0 Å². The minimum Gasteiger partial charge on any atom is -0.384 e. The Morgan fingerprint density at radius 1 is 1.24 bits per heavy atom. The Kier molecular flexibility index (Phi) is 4.47. The van der Waals surface area contributed by atoms with Gasteiger partial charge in [0.05, 0.1) is 0 Å². The smallest absolute Gasteiger partial charge is 0.191 e. The number of rotatable bonds is 4. The molecule has 2 nitrogen and oxygen atoms in total. The van der Waals surface area contributed by atoms with Crippen LogP contribution in [0.15, 0.2) is 24.3 Å². The number of hydrogen-bond acceptors (Lipinski definition) is 2. The lowest BCUT2D eigenvalue weighted by Crippen LogP contribution is -2.34. The summed E-state index contributed by atoms with van der Waals surface area (Å²) in [5.74, 6) is -0.194. The fraction of sp³-hybridized carbons (Fsp3) is 0.533. The van der Waals surface area contributed by atoms with Crippen molar-refractivity contribution in [1.29, 1.82) is 0 Å². The highest BCUT2D eigenvalue weighted by molar-refractivity contribution is 5.99. The average Bonchev–Trinajstić information content (AvgIpc) is 2.27. The molecule has 0 fully saturated rings. The molecule has 0 aliphatic heterocycles. The number of aliphatic hydroxyl groups is 1. The van der Waals surface area contributed by atoms with E-state index in [0.717, 1.165) is 12.8 Å². The van der Waals surface area contributed by atoms with E-state index < -0.39 is 11.5 Å². The predicted octanol–water partition coefficient (Wildman–Crippen LogP) is 3.23. The molecule has 1 atom stereocenters. The molecule has 1 aromatic carbocycles. The molecular weight excluding hydrogens is 212 g/mol. The first kappa shape index (κ1) is 13.9. The number of benzene rings is 1. The van der Waals surface area contributed by atoms with Gasteiger partial charge >= 0.3 is 0 Å². The molecule has 0 spiro atoms. The van der Waals surface area contributed by atoms with Gasteiger partial charge in [-0.1, -0.05) is 58.4 Å². The van der Waals surface area contributed by atoms with Gasteiger partial charge < -0.3 is 5.11 Å². The molecule has 0 bridgehead atoms. The second-order valence-electron chi connectivity index (χ2n) is 5.58. The zero-order valence-corrected chi connectivity index (χ0v) is 11.2. The van der Waals surface area contributed by atoms with Crippen LogP contribution in [0.25, 0.3) is 0 Å². The molecule has 94 valence electrons. The molecule has 1 rings (SSSR count). The molecule has 17 heavy (non-hydrogen) atoms. The van der Waals surface area contributed by atoms with Crippen LogP contribution in [0.4, 0.5) is 0 Å². The lowest BCUT2D eigenvalue weighted by molar-refractivity contribution is 0.0442. The summed E-state index contributed by atoms with van der Waals surface area (Å²) < 4.78 is 0. The van der Waals surface area contributed by atoms with Gasteiger partial charge in [0, 0.05) is 5.56 Å². The van der Waals surface area contributed by atoms with E-state index in [-0.39, 0.29) is 5.78 Å². The molecule has 0 amide bonds. The third-order valence-corrected chi connectivity index (χ3v) is 2.85. The monoisotopic (exact) mass is 234 g/mol. The second-order valence-corrected chi connectivity index (χ2v) is 5.58. The van der Waals surface area contributed by atoms with E-state index in [4.69, 9.17) is 0 Å². The predicted molar refractivity (Wildman–Crippen MR) is 70.2 cm³/mol. The number of aliphatic hydroxyl groups excluding tert-OH is 1. The number of Topliss-reactive ketones (excluding diaryl/α,β-unsaturated/α-hetero) is 1. The first-order chi connectivity index (χ1) is 7.86. The van der Waals surface area contributed by atoms with Crippen molar-refractivity contribution in [2.24, 2.45) is 5.41 Å². The van der Waals surface area contributed by atoms with E-state index >= 15 is 0 Å². The number of hydrogen-bond donors (Lipinski definition) is 1. The molecule has 1 aromatic rings. The Labute approximate surface area is 104 Å². The highest BCUT2D eigenvalue weighted by Crippen LogP contribution is 2.22. The van der Waals surface area contributed by atoms with Crippen molar-refractivity contribution in [2.75, 3.05) is 0 Å². The van der Waals surface area contributed by atoms with E-state index in [2.05, 4.69) is 6.92 Å². The molecule has 0 radical (unpaired) electrons. The van der Waals surface area contributed by atoms with E-state index in [9.17, 15) is 9.90 Å². The summed E-state index contributed by atoms with van der Waals surface area (Å²) in [4.78, 5) is 12.0. The number of ketones is 1. The van der Waals surface area contributed by atoms with Gasteiger partial charge in [0.25, 0.3) is 0 Å². The van der Waals surface area contributed by atoms with E-state index in [1.54, 1.807) is 0 Å². The van der Waals surface area contributed by atoms with Crippen molar-refractivity contribution >= 4 is 5.78 Å². The third-order valence-electron chi connectivity index (χ3n) is 2.85. The maximum atomic E-state index is 12.0. The normalized spacial score (nSPS) is 13.5. The first-order valence-electron chi connectivity index (χ1n) is 6.17. The van der Waals surface area contributed by atoms with Crippen LogP contribution in [0.1, 0.15) is 50.0 Å². The number of aryl methyl sites for hydroxylation is 1. The standard InChI is InChI=1S/C15H22O2/c1-5-6-11-7-9-12(10-8-11)13(16)14(17)15(2,3)4/h7-10,14,17H,5-6H2,1-4H3. The number of carbonyl (C=O) groups is 1. The Bertz CT molecular complexity index is 371. The SMILES string of the molecule is CCCc1ccc(C(=O)C(O)C(C)(C)C)cc1. The van der Waals surface area contributed by atoms with Crippen molar-refractivity contribution in [3.8, 4) is 0 Å². The molecular formula is C15H22O2. The summed E-state index contributed by atoms with van der Waals surface area (Å²) in [7, 11) is 0. The summed E-state index contributed by atoms with van der Waals surface area (Å²) in [6, 6.07) is 7.54. The fourth-order valence-corrected chi connectivity index (χ4v) is 1.68. The quantitative estimate of drug-likeness (QED) is 0.812. The fourth-order valence-electron chi connectivity index (χ4n) is 1.68. The van der Waals surface area contributed by atoms with Crippen LogP contribution in [0, 0.1) is 5.41 Å². The van der Waals surface area contributed by atoms with Crippen molar-refractivity contribution < 1.29 is 9.90 Å². The van der Waals surface area contributed by atoms with Crippen LogP contribution in [0.2, 0.25) is 0 Å². The Balaban J connectivity index is 2.83. The maximum absolute atomic E-state index is 12.0. The minimum atomic E-state index is -0.945. The van der Waals surface area contributed by atoms with Crippen LogP contribution in [0.5, 0.6) is 0 Å². The summed E-state index contributed by atoms with van der Waals surface area (Å²) in [6.45, 7) is 7.71. The van der Waals surface area contributed by atoms with E-state index in [1.807, 2.05) is 45.0 Å². The van der Waals surface area contributed by atoms with Gasteiger partial charge in [-0.05, 0) is 17.4 Å². The van der Waals surface area contributed by atoms with Crippen LogP contribution >= 0.6 is 0 Å². The van der Waals surface area contributed by atoms with Gasteiger partial charge in [-0.3, -0.25) is 4.79 Å². The Hall–Kier alpha value is -1.15. The zero-order chi connectivity index (χ0) is 13.1. The molecule has 0 aliphatic carbocycles. The Morgan fingerprint density at radius 3 is 2.18 bits per heavy atom. The summed E-state index contributed by atoms with van der Waals surface area (Å²) >= 11 is 0. The van der Waals surface area contributed by atoms with Crippen LogP contribution < -0.4 is 0 Å². The van der Waals surface area contributed by atoms with Gasteiger partial charge in [0.15, 0.2) is 5.78 Å². The van der Waals surface area contributed by atoms with Gasteiger partial charge in [-0.15, -0.1) is 0 Å². The highest BCUT2D eigenvalue weighted by Gasteiger charge is 2.29. The van der Waals surface area contributed by atoms with Crippen molar-refractivity contribution in [1.82, 2.24) is 0 Å². The molecule has 0 saturated heterocycles. The Morgan fingerprint density at radius 2 is 1.76 bits per heavy atom. The topological polar surface area (TPSA) is 37.3 Å². The molecule has 2 heteroatoms. The lowest BCUT2D eigenvalue weighted by atomic mass is 9.84. The lowest BCUT2D eigenvalue weighted by Gasteiger charge is -2.24. The number of carbonyl (C=O) groups excluding carboxylic acids is 1.